The molecule has 126 valence electrons. The van der Waals surface area contributed by atoms with Gasteiger partial charge in [-0.2, -0.15) is 0 Å². The van der Waals surface area contributed by atoms with Gasteiger partial charge in [0.2, 0.25) is 0 Å². The second kappa shape index (κ2) is 5.94. The fraction of sp³-hybridized carbons (Fsp3) is 0.400. The molecule has 1 saturated heterocycles. The zero-order valence-corrected chi connectivity index (χ0v) is 13.5. The Balaban J connectivity index is 1.49. The van der Waals surface area contributed by atoms with Gasteiger partial charge in [0.15, 0.2) is 0 Å². The number of rotatable bonds is 2. The van der Waals surface area contributed by atoms with Gasteiger partial charge in [0.25, 0.3) is 0 Å². The molecule has 2 aromatic rings. The topological polar surface area (TPSA) is 23.5 Å². The maximum atomic E-state index is 13.3. The molecule has 0 amide bonds. The van der Waals surface area contributed by atoms with Gasteiger partial charge in [-0.1, -0.05) is 24.3 Å². The molecule has 4 heteroatoms. The summed E-state index contributed by atoms with van der Waals surface area (Å²) < 4.78 is 26.7. The first kappa shape index (κ1) is 15.7. The Morgan fingerprint density at radius 1 is 1.04 bits per heavy atom. The Hall–Kier alpha value is -1.78. The minimum Gasteiger partial charge on any atom is -0.392 e. The lowest BCUT2D eigenvalue weighted by Crippen LogP contribution is -2.47. The molecule has 0 bridgehead atoms. The van der Waals surface area contributed by atoms with Gasteiger partial charge in [0, 0.05) is 18.0 Å². The minimum atomic E-state index is -0.529. The van der Waals surface area contributed by atoms with Crippen LogP contribution < -0.4 is 0 Å². The van der Waals surface area contributed by atoms with E-state index in [1.54, 1.807) is 0 Å². The van der Waals surface area contributed by atoms with Crippen molar-refractivity contribution >= 4 is 0 Å². The number of aliphatic hydroxyl groups is 1. The van der Waals surface area contributed by atoms with Gasteiger partial charge >= 0.3 is 0 Å². The van der Waals surface area contributed by atoms with Crippen LogP contribution in [0, 0.1) is 11.6 Å². The third-order valence-corrected chi connectivity index (χ3v) is 5.68. The first-order chi connectivity index (χ1) is 11.6. The highest BCUT2D eigenvalue weighted by molar-refractivity contribution is 5.42. The predicted octanol–water partition coefficient (Wildman–Crippen LogP) is 3.42. The first-order valence-electron chi connectivity index (χ1n) is 8.51. The van der Waals surface area contributed by atoms with E-state index in [0.29, 0.717) is 12.1 Å². The van der Waals surface area contributed by atoms with Gasteiger partial charge in [-0.25, -0.2) is 8.78 Å². The van der Waals surface area contributed by atoms with Gasteiger partial charge in [-0.15, -0.1) is 0 Å². The van der Waals surface area contributed by atoms with Crippen molar-refractivity contribution in [2.24, 2.45) is 0 Å². The van der Waals surface area contributed by atoms with E-state index in [0.717, 1.165) is 38.4 Å². The number of hydrogen-bond donors (Lipinski definition) is 1. The van der Waals surface area contributed by atoms with Crippen molar-refractivity contribution in [2.45, 2.75) is 37.3 Å². The molecule has 4 rings (SSSR count). The minimum absolute atomic E-state index is 0.152. The third kappa shape index (κ3) is 2.64. The Kier molecular flexibility index (Phi) is 3.89. The molecule has 0 radical (unpaired) electrons. The SMILES string of the molecule is O[C@H]1Cc2ccccc2C12CCN(Cc1cc(F)cc(F)c1)CC2. The Labute approximate surface area is 140 Å². The van der Waals surface area contributed by atoms with Crippen LogP contribution in [0.4, 0.5) is 8.78 Å². The molecular formula is C20H21F2NO. The van der Waals surface area contributed by atoms with Gasteiger partial charge in [0.1, 0.15) is 11.6 Å². The fourth-order valence-electron chi connectivity index (χ4n) is 4.44. The zero-order valence-electron chi connectivity index (χ0n) is 13.5. The highest BCUT2D eigenvalue weighted by Gasteiger charge is 2.47. The van der Waals surface area contributed by atoms with Crippen molar-refractivity contribution in [2.75, 3.05) is 13.1 Å². The van der Waals surface area contributed by atoms with Crippen LogP contribution in [0.15, 0.2) is 42.5 Å². The molecular weight excluding hydrogens is 308 g/mol. The molecule has 1 heterocycles. The smallest absolute Gasteiger partial charge is 0.126 e. The summed E-state index contributed by atoms with van der Waals surface area (Å²) in [6.07, 6.45) is 2.15. The molecule has 24 heavy (non-hydrogen) atoms. The summed E-state index contributed by atoms with van der Waals surface area (Å²) in [6.45, 7) is 2.19. The first-order valence-corrected chi connectivity index (χ1v) is 8.51. The van der Waals surface area contributed by atoms with E-state index in [4.69, 9.17) is 0 Å². The molecule has 1 aliphatic heterocycles. The molecule has 2 aromatic carbocycles. The normalized spacial score (nSPS) is 22.7. The maximum Gasteiger partial charge on any atom is 0.126 e. The number of piperidine rings is 1. The van der Waals surface area contributed by atoms with Crippen LogP contribution in [0.5, 0.6) is 0 Å². The van der Waals surface area contributed by atoms with Gasteiger partial charge in [0.05, 0.1) is 6.10 Å². The molecule has 0 aromatic heterocycles. The molecule has 2 aliphatic rings. The maximum absolute atomic E-state index is 13.3. The van der Waals surface area contributed by atoms with Crippen molar-refractivity contribution in [1.29, 1.82) is 0 Å². The standard InChI is InChI=1S/C20H21F2NO/c21-16-9-14(10-17(22)12-16)13-23-7-5-20(6-8-23)18-4-2-1-3-15(18)11-19(20)24/h1-4,9-10,12,19,24H,5-8,11,13H2/t19-/m0/s1. The van der Waals surface area contributed by atoms with Crippen molar-refractivity contribution in [1.82, 2.24) is 4.90 Å². The van der Waals surface area contributed by atoms with Crippen LogP contribution in [0.1, 0.15) is 29.5 Å². The van der Waals surface area contributed by atoms with E-state index in [1.807, 2.05) is 12.1 Å². The Morgan fingerprint density at radius 2 is 1.71 bits per heavy atom. The lowest BCUT2D eigenvalue weighted by atomic mass is 9.72. The number of nitrogens with zero attached hydrogens (tertiary/aromatic N) is 1. The molecule has 0 unspecified atom stereocenters. The van der Waals surface area contributed by atoms with Gasteiger partial charge < -0.3 is 5.11 Å². The summed E-state index contributed by atoms with van der Waals surface area (Å²) >= 11 is 0. The lowest BCUT2D eigenvalue weighted by molar-refractivity contribution is 0.0413. The molecule has 0 saturated carbocycles. The largest absolute Gasteiger partial charge is 0.392 e. The number of fused-ring (bicyclic) bond motifs is 2. The summed E-state index contributed by atoms with van der Waals surface area (Å²) in [4.78, 5) is 2.22. The monoisotopic (exact) mass is 329 g/mol. The Morgan fingerprint density at radius 3 is 2.42 bits per heavy atom. The average molecular weight is 329 g/mol. The summed E-state index contributed by atoms with van der Waals surface area (Å²) in [5.74, 6) is -1.06. The van der Waals surface area contributed by atoms with E-state index in [9.17, 15) is 13.9 Å². The summed E-state index contributed by atoms with van der Waals surface area (Å²) in [7, 11) is 0. The molecule has 1 N–H and O–H groups in total. The van der Waals surface area contributed by atoms with Crippen LogP contribution in [-0.2, 0) is 18.4 Å². The number of benzene rings is 2. The molecule has 1 fully saturated rings. The molecule has 1 aliphatic carbocycles. The van der Waals surface area contributed by atoms with E-state index < -0.39 is 11.6 Å². The molecule has 1 spiro atoms. The van der Waals surface area contributed by atoms with E-state index in [1.165, 1.54) is 23.3 Å². The average Bonchev–Trinajstić information content (AvgIpc) is 2.81. The van der Waals surface area contributed by atoms with Gasteiger partial charge in [-0.05, 0) is 61.2 Å². The summed E-state index contributed by atoms with van der Waals surface area (Å²) in [5.41, 5.74) is 3.05. The van der Waals surface area contributed by atoms with Crippen LogP contribution in [0.2, 0.25) is 0 Å². The molecule has 1 atom stereocenters. The Bertz CT molecular complexity index is 733. The summed E-state index contributed by atoms with van der Waals surface area (Å²) in [5, 5.41) is 10.7. The fourth-order valence-corrected chi connectivity index (χ4v) is 4.44. The third-order valence-electron chi connectivity index (χ3n) is 5.68. The summed E-state index contributed by atoms with van der Waals surface area (Å²) in [6, 6.07) is 12.0. The van der Waals surface area contributed by atoms with Crippen LogP contribution in [-0.4, -0.2) is 29.2 Å². The predicted molar refractivity (Wildman–Crippen MR) is 88.7 cm³/mol. The van der Waals surface area contributed by atoms with Crippen LogP contribution in [0.3, 0.4) is 0 Å². The highest BCUT2D eigenvalue weighted by atomic mass is 19.1. The lowest BCUT2D eigenvalue weighted by Gasteiger charge is -2.42. The highest BCUT2D eigenvalue weighted by Crippen LogP contribution is 2.46. The van der Waals surface area contributed by atoms with Crippen molar-refractivity contribution in [3.8, 4) is 0 Å². The second-order valence-electron chi connectivity index (χ2n) is 7.09. The van der Waals surface area contributed by atoms with Crippen LogP contribution in [0.25, 0.3) is 0 Å². The van der Waals surface area contributed by atoms with Crippen molar-refractivity contribution in [3.05, 3.63) is 70.8 Å². The quantitative estimate of drug-likeness (QED) is 0.913. The second-order valence-corrected chi connectivity index (χ2v) is 7.09. The van der Waals surface area contributed by atoms with E-state index >= 15 is 0 Å². The van der Waals surface area contributed by atoms with Crippen LogP contribution >= 0.6 is 0 Å². The van der Waals surface area contributed by atoms with Crippen molar-refractivity contribution in [3.63, 3.8) is 0 Å². The number of likely N-dealkylation sites (tertiary alicyclic amines) is 1. The van der Waals surface area contributed by atoms with Crippen molar-refractivity contribution < 1.29 is 13.9 Å². The zero-order chi connectivity index (χ0) is 16.7. The van der Waals surface area contributed by atoms with E-state index in [2.05, 4.69) is 17.0 Å². The number of aliphatic hydroxyl groups excluding tert-OH is 1. The number of halogens is 2. The number of hydrogen-bond acceptors (Lipinski definition) is 2. The van der Waals surface area contributed by atoms with E-state index in [-0.39, 0.29) is 11.5 Å². The molecule has 2 nitrogen and oxygen atoms in total. The van der Waals surface area contributed by atoms with Gasteiger partial charge in [-0.3, -0.25) is 4.90 Å².